The van der Waals surface area contributed by atoms with Gasteiger partial charge in [0.2, 0.25) is 5.91 Å². The standard InChI is InChI=1S/C21H15F3N4O/c1-12(29)26-16-7-5-13(6-8-16)19-18-17(9-10-25-19)27-28-20(18)14-3-2-4-15(11-14)21(22,23)24/h2-11H,1H3,(H,26,29)(H,27,28). The second-order valence-corrected chi connectivity index (χ2v) is 6.49. The van der Waals surface area contributed by atoms with E-state index in [4.69, 9.17) is 0 Å². The molecule has 2 heterocycles. The number of anilines is 1. The van der Waals surface area contributed by atoms with E-state index < -0.39 is 11.7 Å². The van der Waals surface area contributed by atoms with Crippen LogP contribution in [-0.4, -0.2) is 21.1 Å². The Hall–Kier alpha value is -3.68. The minimum Gasteiger partial charge on any atom is -0.326 e. The van der Waals surface area contributed by atoms with Gasteiger partial charge in [-0.2, -0.15) is 18.3 Å². The van der Waals surface area contributed by atoms with Crippen molar-refractivity contribution < 1.29 is 18.0 Å². The number of benzene rings is 2. The zero-order valence-corrected chi connectivity index (χ0v) is 15.2. The summed E-state index contributed by atoms with van der Waals surface area (Å²) in [6, 6.07) is 13.8. The molecule has 2 aromatic carbocycles. The number of alkyl halides is 3. The topological polar surface area (TPSA) is 70.7 Å². The number of aromatic nitrogens is 3. The molecular formula is C21H15F3N4O. The van der Waals surface area contributed by atoms with Gasteiger partial charge in [-0.15, -0.1) is 0 Å². The SMILES string of the molecule is CC(=O)Nc1ccc(-c2nccc3[nH]nc(-c4cccc(C(F)(F)F)c4)c23)cc1. The summed E-state index contributed by atoms with van der Waals surface area (Å²) in [6.07, 6.45) is -2.84. The van der Waals surface area contributed by atoms with Crippen molar-refractivity contribution in [2.24, 2.45) is 0 Å². The number of hydrogen-bond acceptors (Lipinski definition) is 3. The van der Waals surface area contributed by atoms with Gasteiger partial charge >= 0.3 is 6.18 Å². The van der Waals surface area contributed by atoms with Crippen molar-refractivity contribution in [1.29, 1.82) is 0 Å². The van der Waals surface area contributed by atoms with E-state index in [-0.39, 0.29) is 5.91 Å². The second-order valence-electron chi connectivity index (χ2n) is 6.49. The molecule has 0 aliphatic heterocycles. The van der Waals surface area contributed by atoms with Gasteiger partial charge in [0.1, 0.15) is 5.69 Å². The molecule has 146 valence electrons. The number of pyridine rings is 1. The fourth-order valence-electron chi connectivity index (χ4n) is 3.15. The summed E-state index contributed by atoms with van der Waals surface area (Å²) in [5.74, 6) is -0.181. The molecule has 0 spiro atoms. The molecule has 0 fully saturated rings. The molecule has 0 radical (unpaired) electrons. The summed E-state index contributed by atoms with van der Waals surface area (Å²) < 4.78 is 39.4. The highest BCUT2D eigenvalue weighted by Crippen LogP contribution is 2.36. The minimum absolute atomic E-state index is 0.181. The summed E-state index contributed by atoms with van der Waals surface area (Å²) >= 11 is 0. The van der Waals surface area contributed by atoms with Gasteiger partial charge in [-0.1, -0.05) is 24.3 Å². The van der Waals surface area contributed by atoms with Crippen LogP contribution in [0.5, 0.6) is 0 Å². The average molecular weight is 396 g/mol. The molecule has 0 bridgehead atoms. The van der Waals surface area contributed by atoms with Crippen molar-refractivity contribution in [3.05, 3.63) is 66.4 Å². The van der Waals surface area contributed by atoms with Gasteiger partial charge in [0.15, 0.2) is 0 Å². The first-order chi connectivity index (χ1) is 13.8. The highest BCUT2D eigenvalue weighted by Gasteiger charge is 2.30. The molecule has 5 nitrogen and oxygen atoms in total. The number of fused-ring (bicyclic) bond motifs is 1. The second kappa shape index (κ2) is 7.05. The lowest BCUT2D eigenvalue weighted by molar-refractivity contribution is -0.137. The zero-order chi connectivity index (χ0) is 20.6. The van der Waals surface area contributed by atoms with Crippen LogP contribution in [0, 0.1) is 0 Å². The number of H-pyrrole nitrogens is 1. The maximum Gasteiger partial charge on any atom is 0.416 e. The van der Waals surface area contributed by atoms with E-state index in [9.17, 15) is 18.0 Å². The van der Waals surface area contributed by atoms with Crippen molar-refractivity contribution in [2.45, 2.75) is 13.1 Å². The van der Waals surface area contributed by atoms with Gasteiger partial charge in [-0.05, 0) is 30.3 Å². The number of hydrogen-bond donors (Lipinski definition) is 2. The van der Waals surface area contributed by atoms with E-state index in [1.807, 2.05) is 0 Å². The van der Waals surface area contributed by atoms with Gasteiger partial charge in [-0.25, -0.2) is 0 Å². The summed E-state index contributed by atoms with van der Waals surface area (Å²) in [5, 5.41) is 10.4. The lowest BCUT2D eigenvalue weighted by Gasteiger charge is -2.09. The monoisotopic (exact) mass is 396 g/mol. The Balaban J connectivity index is 1.84. The molecule has 29 heavy (non-hydrogen) atoms. The molecule has 0 aliphatic carbocycles. The van der Waals surface area contributed by atoms with E-state index in [1.165, 1.54) is 13.0 Å². The van der Waals surface area contributed by atoms with Crippen LogP contribution in [0.25, 0.3) is 33.4 Å². The summed E-state index contributed by atoms with van der Waals surface area (Å²) in [5.41, 5.74) is 2.62. The molecule has 0 aliphatic rings. The lowest BCUT2D eigenvalue weighted by atomic mass is 10.0. The Morgan fingerprint density at radius 2 is 1.76 bits per heavy atom. The maximum atomic E-state index is 13.1. The summed E-state index contributed by atoms with van der Waals surface area (Å²) in [4.78, 5) is 15.6. The number of halogens is 3. The van der Waals surface area contributed by atoms with E-state index in [2.05, 4.69) is 20.5 Å². The number of nitrogens with one attached hydrogen (secondary N) is 2. The van der Waals surface area contributed by atoms with Crippen molar-refractivity contribution in [1.82, 2.24) is 15.2 Å². The maximum absolute atomic E-state index is 13.1. The van der Waals surface area contributed by atoms with Gasteiger partial charge in [0, 0.05) is 29.9 Å². The minimum atomic E-state index is -4.44. The van der Waals surface area contributed by atoms with E-state index >= 15 is 0 Å². The fourth-order valence-corrected chi connectivity index (χ4v) is 3.15. The van der Waals surface area contributed by atoms with Gasteiger partial charge in [0.05, 0.1) is 22.2 Å². The normalized spacial score (nSPS) is 11.6. The van der Waals surface area contributed by atoms with Crippen LogP contribution in [0.3, 0.4) is 0 Å². The number of carbonyl (C=O) groups is 1. The molecule has 0 atom stereocenters. The molecule has 1 amide bonds. The number of carbonyl (C=O) groups excluding carboxylic acids is 1. The zero-order valence-electron chi connectivity index (χ0n) is 15.2. The van der Waals surface area contributed by atoms with Gasteiger partial charge in [-0.3, -0.25) is 14.9 Å². The largest absolute Gasteiger partial charge is 0.416 e. The molecule has 2 N–H and O–H groups in total. The Morgan fingerprint density at radius 1 is 1.00 bits per heavy atom. The highest BCUT2D eigenvalue weighted by atomic mass is 19.4. The van der Waals surface area contributed by atoms with E-state index in [0.29, 0.717) is 33.5 Å². The first kappa shape index (κ1) is 18.7. The average Bonchev–Trinajstić information content (AvgIpc) is 3.12. The molecule has 2 aromatic heterocycles. The smallest absolute Gasteiger partial charge is 0.326 e. The molecular weight excluding hydrogens is 381 g/mol. The van der Waals surface area contributed by atoms with E-state index in [0.717, 1.165) is 17.7 Å². The summed E-state index contributed by atoms with van der Waals surface area (Å²) in [7, 11) is 0. The third kappa shape index (κ3) is 3.69. The Labute approximate surface area is 163 Å². The van der Waals surface area contributed by atoms with Crippen LogP contribution in [0.1, 0.15) is 12.5 Å². The first-order valence-corrected chi connectivity index (χ1v) is 8.71. The van der Waals surface area contributed by atoms with Crippen LogP contribution >= 0.6 is 0 Å². The van der Waals surface area contributed by atoms with Crippen LogP contribution in [0.2, 0.25) is 0 Å². The Kier molecular flexibility index (Phi) is 4.54. The van der Waals surface area contributed by atoms with Gasteiger partial charge < -0.3 is 5.32 Å². The molecule has 4 aromatic rings. The molecule has 0 saturated carbocycles. The quantitative estimate of drug-likeness (QED) is 0.496. The van der Waals surface area contributed by atoms with Crippen molar-refractivity contribution >= 4 is 22.5 Å². The predicted molar refractivity (Wildman–Crippen MR) is 104 cm³/mol. The number of rotatable bonds is 3. The first-order valence-electron chi connectivity index (χ1n) is 8.71. The van der Waals surface area contributed by atoms with Crippen molar-refractivity contribution in [3.63, 3.8) is 0 Å². The predicted octanol–water partition coefficient (Wildman–Crippen LogP) is 5.27. The highest BCUT2D eigenvalue weighted by molar-refractivity contribution is 6.02. The van der Waals surface area contributed by atoms with E-state index in [1.54, 1.807) is 42.6 Å². The number of nitrogens with zero attached hydrogens (tertiary/aromatic N) is 2. The fraction of sp³-hybridized carbons (Fsp3) is 0.0952. The lowest BCUT2D eigenvalue weighted by Crippen LogP contribution is -2.05. The molecule has 4 rings (SSSR count). The third-order valence-electron chi connectivity index (χ3n) is 4.42. The molecule has 0 saturated heterocycles. The van der Waals surface area contributed by atoms with Crippen LogP contribution < -0.4 is 5.32 Å². The third-order valence-corrected chi connectivity index (χ3v) is 4.42. The Morgan fingerprint density at radius 3 is 2.45 bits per heavy atom. The van der Waals surface area contributed by atoms with Crippen molar-refractivity contribution in [3.8, 4) is 22.5 Å². The van der Waals surface area contributed by atoms with Crippen LogP contribution in [-0.2, 0) is 11.0 Å². The van der Waals surface area contributed by atoms with Gasteiger partial charge in [0.25, 0.3) is 0 Å². The summed E-state index contributed by atoms with van der Waals surface area (Å²) in [6.45, 7) is 1.42. The molecule has 0 unspecified atom stereocenters. The number of amides is 1. The number of aromatic amines is 1. The van der Waals surface area contributed by atoms with Crippen molar-refractivity contribution in [2.75, 3.05) is 5.32 Å². The van der Waals surface area contributed by atoms with Crippen LogP contribution in [0.15, 0.2) is 60.8 Å². The van der Waals surface area contributed by atoms with Crippen LogP contribution in [0.4, 0.5) is 18.9 Å². The Bertz CT molecular complexity index is 1200. The molecule has 8 heteroatoms.